The molecule has 1 unspecified atom stereocenters. The van der Waals surface area contributed by atoms with Crippen molar-refractivity contribution < 1.29 is 13.2 Å². The quantitative estimate of drug-likeness (QED) is 0.714. The van der Waals surface area contributed by atoms with Gasteiger partial charge in [0.1, 0.15) is 0 Å². The van der Waals surface area contributed by atoms with Crippen LogP contribution in [0.5, 0.6) is 0 Å². The van der Waals surface area contributed by atoms with Crippen molar-refractivity contribution in [2.24, 2.45) is 0 Å². The van der Waals surface area contributed by atoms with E-state index in [1.807, 2.05) is 0 Å². The lowest BCUT2D eigenvalue weighted by Gasteiger charge is -2.37. The third-order valence-corrected chi connectivity index (χ3v) is 3.59. The molecule has 5 heteroatoms. The maximum absolute atomic E-state index is 14.2. The monoisotopic (exact) mass is 301 g/mol. The molecule has 0 aliphatic rings. The molecule has 2 nitrogen and oxygen atoms in total. The molecular formula is C17H12F3N2. The van der Waals surface area contributed by atoms with Crippen molar-refractivity contribution in [1.82, 2.24) is 9.78 Å². The van der Waals surface area contributed by atoms with Crippen molar-refractivity contribution in [3.05, 3.63) is 90.3 Å². The molecule has 0 fully saturated rings. The van der Waals surface area contributed by atoms with E-state index in [1.54, 1.807) is 18.2 Å². The highest BCUT2D eigenvalue weighted by molar-refractivity contribution is 5.41. The van der Waals surface area contributed by atoms with Crippen LogP contribution in [0.1, 0.15) is 11.1 Å². The molecule has 0 saturated heterocycles. The average molecular weight is 301 g/mol. The largest absolute Gasteiger partial charge is 0.422 e. The van der Waals surface area contributed by atoms with E-state index in [4.69, 9.17) is 0 Å². The predicted octanol–water partition coefficient (Wildman–Crippen LogP) is 4.04. The fourth-order valence-corrected chi connectivity index (χ4v) is 2.66. The minimum absolute atomic E-state index is 0.0913. The number of halogens is 3. The maximum Gasteiger partial charge on any atom is 0.422 e. The third kappa shape index (κ3) is 2.09. The Morgan fingerprint density at radius 3 is 2.05 bits per heavy atom. The van der Waals surface area contributed by atoms with Gasteiger partial charge >= 0.3 is 6.18 Å². The molecule has 0 saturated carbocycles. The lowest BCUT2D eigenvalue weighted by atomic mass is 9.82. The first-order valence-electron chi connectivity index (χ1n) is 6.66. The van der Waals surface area contributed by atoms with Gasteiger partial charge in [-0.15, -0.1) is 0 Å². The van der Waals surface area contributed by atoms with Crippen LogP contribution < -0.4 is 0 Å². The van der Waals surface area contributed by atoms with Crippen LogP contribution >= 0.6 is 0 Å². The number of rotatable bonds is 3. The smallest absolute Gasteiger partial charge is 0.248 e. The van der Waals surface area contributed by atoms with Gasteiger partial charge in [0.05, 0.1) is 0 Å². The van der Waals surface area contributed by atoms with E-state index in [2.05, 4.69) is 11.2 Å². The summed E-state index contributed by atoms with van der Waals surface area (Å²) in [5.41, 5.74) is -2.17. The Kier molecular flexibility index (Phi) is 3.48. The summed E-state index contributed by atoms with van der Waals surface area (Å²) < 4.78 is 43.7. The van der Waals surface area contributed by atoms with Gasteiger partial charge in [0.2, 0.25) is 5.54 Å². The van der Waals surface area contributed by atoms with Crippen LogP contribution in [0.15, 0.2) is 73.1 Å². The zero-order chi connectivity index (χ0) is 15.6. The topological polar surface area (TPSA) is 17.8 Å². The van der Waals surface area contributed by atoms with Crippen LogP contribution in [0.25, 0.3) is 0 Å². The molecule has 22 heavy (non-hydrogen) atoms. The lowest BCUT2D eigenvalue weighted by Crippen LogP contribution is -2.50. The van der Waals surface area contributed by atoms with Crippen LogP contribution in [-0.4, -0.2) is 16.0 Å². The van der Waals surface area contributed by atoms with Gasteiger partial charge < -0.3 is 0 Å². The second kappa shape index (κ2) is 5.33. The molecule has 3 rings (SSSR count). The number of alkyl halides is 3. The predicted molar refractivity (Wildman–Crippen MR) is 76.2 cm³/mol. The summed E-state index contributed by atoms with van der Waals surface area (Å²) >= 11 is 0. The molecule has 3 aromatic rings. The molecule has 0 spiro atoms. The molecular weight excluding hydrogens is 289 g/mol. The number of nitrogens with zero attached hydrogens (tertiary/aromatic N) is 2. The summed E-state index contributed by atoms with van der Waals surface area (Å²) in [6.45, 7) is 0. The number of aromatic nitrogens is 2. The first kappa shape index (κ1) is 14.4. The average Bonchev–Trinajstić information content (AvgIpc) is 3.03. The first-order chi connectivity index (χ1) is 10.6. The molecule has 1 radical (unpaired) electrons. The van der Waals surface area contributed by atoms with Gasteiger partial charge in [0.15, 0.2) is 0 Å². The Balaban J connectivity index is 2.39. The van der Waals surface area contributed by atoms with Crippen LogP contribution in [-0.2, 0) is 5.54 Å². The second-order valence-electron chi connectivity index (χ2n) is 4.81. The highest BCUT2D eigenvalue weighted by atomic mass is 19.4. The summed E-state index contributed by atoms with van der Waals surface area (Å²) in [7, 11) is 0. The Labute approximate surface area is 125 Å². The maximum atomic E-state index is 14.2. The summed E-state index contributed by atoms with van der Waals surface area (Å²) in [4.78, 5) is 0. The molecule has 0 aliphatic heterocycles. The van der Waals surface area contributed by atoms with Gasteiger partial charge in [0.25, 0.3) is 0 Å². The van der Waals surface area contributed by atoms with Crippen molar-refractivity contribution in [3.63, 3.8) is 0 Å². The molecule has 0 aliphatic carbocycles. The SMILES string of the molecule is FC(F)(F)C(c1cc[c]cc1)(c1ccccc1)n1cccn1. The third-order valence-electron chi connectivity index (χ3n) is 3.59. The molecule has 1 aromatic heterocycles. The first-order valence-corrected chi connectivity index (χ1v) is 6.66. The molecule has 0 bridgehead atoms. The fraction of sp³-hybridized carbons (Fsp3) is 0.118. The lowest BCUT2D eigenvalue weighted by molar-refractivity contribution is -0.189. The van der Waals surface area contributed by atoms with Crippen molar-refractivity contribution in [2.75, 3.05) is 0 Å². The van der Waals surface area contributed by atoms with Gasteiger partial charge in [-0.05, 0) is 23.3 Å². The van der Waals surface area contributed by atoms with Gasteiger partial charge in [-0.3, -0.25) is 0 Å². The van der Waals surface area contributed by atoms with Crippen molar-refractivity contribution in [3.8, 4) is 0 Å². The van der Waals surface area contributed by atoms with Gasteiger partial charge in [0, 0.05) is 12.4 Å². The van der Waals surface area contributed by atoms with E-state index >= 15 is 0 Å². The van der Waals surface area contributed by atoms with E-state index < -0.39 is 11.7 Å². The normalized spacial score (nSPS) is 12.3. The molecule has 111 valence electrons. The molecule has 1 atom stereocenters. The Morgan fingerprint density at radius 2 is 1.50 bits per heavy atom. The molecule has 2 aromatic carbocycles. The zero-order valence-electron chi connectivity index (χ0n) is 11.5. The van der Waals surface area contributed by atoms with Gasteiger partial charge in [-0.2, -0.15) is 18.3 Å². The van der Waals surface area contributed by atoms with E-state index in [9.17, 15) is 13.2 Å². The summed E-state index contributed by atoms with van der Waals surface area (Å²) in [6.07, 6.45) is -1.89. The number of hydrogen-bond acceptors (Lipinski definition) is 1. The van der Waals surface area contributed by atoms with Gasteiger partial charge in [-0.1, -0.05) is 54.6 Å². The van der Waals surface area contributed by atoms with E-state index in [0.29, 0.717) is 0 Å². The summed E-state index contributed by atoms with van der Waals surface area (Å²) in [5.74, 6) is 0. The van der Waals surface area contributed by atoms with Crippen molar-refractivity contribution in [1.29, 1.82) is 0 Å². The van der Waals surface area contributed by atoms with Gasteiger partial charge in [-0.25, -0.2) is 4.68 Å². The van der Waals surface area contributed by atoms with E-state index in [-0.39, 0.29) is 11.1 Å². The summed E-state index contributed by atoms with van der Waals surface area (Å²) in [5, 5.41) is 3.89. The highest BCUT2D eigenvalue weighted by Gasteiger charge is 2.59. The van der Waals surface area contributed by atoms with Crippen LogP contribution in [0.4, 0.5) is 13.2 Å². The molecule has 0 amide bonds. The minimum atomic E-state index is -4.57. The second-order valence-corrected chi connectivity index (χ2v) is 4.81. The van der Waals surface area contributed by atoms with Crippen LogP contribution in [0, 0.1) is 6.07 Å². The fourth-order valence-electron chi connectivity index (χ4n) is 2.66. The van der Waals surface area contributed by atoms with E-state index in [1.165, 1.54) is 54.9 Å². The Hall–Kier alpha value is -2.56. The number of hydrogen-bond donors (Lipinski definition) is 0. The highest BCUT2D eigenvalue weighted by Crippen LogP contribution is 2.46. The Bertz CT molecular complexity index is 680. The Morgan fingerprint density at radius 1 is 0.864 bits per heavy atom. The minimum Gasteiger partial charge on any atom is -0.248 e. The van der Waals surface area contributed by atoms with Crippen LogP contribution in [0.2, 0.25) is 0 Å². The zero-order valence-corrected chi connectivity index (χ0v) is 11.5. The van der Waals surface area contributed by atoms with E-state index in [0.717, 1.165) is 4.68 Å². The molecule has 1 heterocycles. The number of benzene rings is 2. The standard InChI is InChI=1S/C17H12F3N2/c18-17(19,20)16(22-13-7-12-21-22,14-8-3-1-4-9-14)15-10-5-2-6-11-15/h1,3-13H. The van der Waals surface area contributed by atoms with Crippen molar-refractivity contribution >= 4 is 0 Å². The molecule has 0 N–H and O–H groups in total. The summed E-state index contributed by atoms with van der Waals surface area (Å²) in [6, 6.07) is 17.8. The van der Waals surface area contributed by atoms with Crippen molar-refractivity contribution in [2.45, 2.75) is 11.7 Å². The van der Waals surface area contributed by atoms with Crippen LogP contribution in [0.3, 0.4) is 0 Å².